The van der Waals surface area contributed by atoms with Crippen molar-refractivity contribution in [2.75, 3.05) is 7.11 Å². The van der Waals surface area contributed by atoms with E-state index in [1.54, 1.807) is 6.07 Å². The smallest absolute Gasteiger partial charge is 0.303 e. The van der Waals surface area contributed by atoms with Crippen LogP contribution >= 0.6 is 0 Å². The molecule has 1 saturated carbocycles. The lowest BCUT2D eigenvalue weighted by Gasteiger charge is -2.21. The molecule has 1 aliphatic carbocycles. The predicted octanol–water partition coefficient (Wildman–Crippen LogP) is 2.99. The molecule has 1 aliphatic rings. The molecular weight excluding hydrogens is 244 g/mol. The molecule has 1 unspecified atom stereocenters. The van der Waals surface area contributed by atoms with E-state index < -0.39 is 5.97 Å². The van der Waals surface area contributed by atoms with Crippen molar-refractivity contribution in [1.82, 2.24) is 0 Å². The van der Waals surface area contributed by atoms with Gasteiger partial charge in [0.15, 0.2) is 11.5 Å². The topological polar surface area (TPSA) is 66.8 Å². The minimum atomic E-state index is -0.777. The first-order chi connectivity index (χ1) is 8.95. The van der Waals surface area contributed by atoms with Gasteiger partial charge in [-0.25, -0.2) is 0 Å². The number of hydrogen-bond donors (Lipinski definition) is 2. The van der Waals surface area contributed by atoms with Gasteiger partial charge in [0.2, 0.25) is 0 Å². The summed E-state index contributed by atoms with van der Waals surface area (Å²) >= 11 is 0. The number of phenolic OH excluding ortho intramolecular Hbond substituents is 1. The summed E-state index contributed by atoms with van der Waals surface area (Å²) in [4.78, 5) is 11.1. The molecule has 0 heterocycles. The van der Waals surface area contributed by atoms with E-state index in [1.165, 1.54) is 7.11 Å². The highest BCUT2D eigenvalue weighted by atomic mass is 16.5. The maximum atomic E-state index is 11.1. The molecule has 0 aromatic heterocycles. The quantitative estimate of drug-likeness (QED) is 0.858. The zero-order valence-electron chi connectivity index (χ0n) is 11.6. The van der Waals surface area contributed by atoms with Gasteiger partial charge in [0.1, 0.15) is 0 Å². The fourth-order valence-electron chi connectivity index (χ4n) is 2.65. The molecule has 1 aromatic carbocycles. The largest absolute Gasteiger partial charge is 0.504 e. The van der Waals surface area contributed by atoms with Crippen LogP contribution in [0.4, 0.5) is 0 Å². The molecule has 0 spiro atoms. The van der Waals surface area contributed by atoms with E-state index in [-0.39, 0.29) is 18.1 Å². The van der Waals surface area contributed by atoms with Gasteiger partial charge >= 0.3 is 5.97 Å². The molecule has 0 amide bonds. The van der Waals surface area contributed by atoms with E-state index in [0.29, 0.717) is 11.7 Å². The van der Waals surface area contributed by atoms with Crippen molar-refractivity contribution in [2.45, 2.75) is 39.0 Å². The zero-order valence-corrected chi connectivity index (χ0v) is 11.6. The van der Waals surface area contributed by atoms with Gasteiger partial charge in [-0.1, -0.05) is 0 Å². The fourth-order valence-corrected chi connectivity index (χ4v) is 2.65. The third-order valence-corrected chi connectivity index (χ3v) is 4.08. The second-order valence-electron chi connectivity index (χ2n) is 5.31. The molecular formula is C15H20O4. The molecule has 2 rings (SSSR count). The molecule has 0 radical (unpaired) electrons. The van der Waals surface area contributed by atoms with Gasteiger partial charge in [0, 0.05) is 0 Å². The molecule has 0 bridgehead atoms. The van der Waals surface area contributed by atoms with Crippen LogP contribution in [-0.2, 0) is 4.79 Å². The molecule has 19 heavy (non-hydrogen) atoms. The fraction of sp³-hybridized carbons (Fsp3) is 0.533. The van der Waals surface area contributed by atoms with E-state index in [9.17, 15) is 9.90 Å². The van der Waals surface area contributed by atoms with Crippen molar-refractivity contribution in [3.63, 3.8) is 0 Å². The number of benzene rings is 1. The maximum absolute atomic E-state index is 11.1. The lowest BCUT2D eigenvalue weighted by Crippen LogP contribution is -2.11. The van der Waals surface area contributed by atoms with Crippen LogP contribution in [0.1, 0.15) is 41.9 Å². The number of aliphatic carboxylic acids is 1. The number of phenols is 1. The monoisotopic (exact) mass is 264 g/mol. The molecule has 0 saturated heterocycles. The maximum Gasteiger partial charge on any atom is 0.303 e. The Balaban J connectivity index is 2.46. The Labute approximate surface area is 113 Å². The predicted molar refractivity (Wildman–Crippen MR) is 71.9 cm³/mol. The Morgan fingerprint density at radius 1 is 1.42 bits per heavy atom. The van der Waals surface area contributed by atoms with Crippen LogP contribution < -0.4 is 4.74 Å². The Kier molecular flexibility index (Phi) is 3.69. The van der Waals surface area contributed by atoms with Crippen LogP contribution in [0.15, 0.2) is 6.07 Å². The number of carboxylic acids is 1. The van der Waals surface area contributed by atoms with E-state index in [1.807, 2.05) is 13.8 Å². The van der Waals surface area contributed by atoms with E-state index in [4.69, 9.17) is 9.84 Å². The molecule has 4 nitrogen and oxygen atoms in total. The summed E-state index contributed by atoms with van der Waals surface area (Å²) in [5.41, 5.74) is 2.74. The van der Waals surface area contributed by atoms with Crippen LogP contribution in [0.5, 0.6) is 11.5 Å². The van der Waals surface area contributed by atoms with Gasteiger partial charge in [0.05, 0.1) is 13.5 Å². The third-order valence-electron chi connectivity index (χ3n) is 4.08. The average molecular weight is 264 g/mol. The first-order valence-electron chi connectivity index (χ1n) is 6.54. The highest BCUT2D eigenvalue weighted by molar-refractivity contribution is 5.69. The van der Waals surface area contributed by atoms with Gasteiger partial charge < -0.3 is 14.9 Å². The van der Waals surface area contributed by atoms with Crippen molar-refractivity contribution in [3.05, 3.63) is 22.8 Å². The van der Waals surface area contributed by atoms with Gasteiger partial charge in [-0.3, -0.25) is 4.79 Å². The number of methoxy groups -OCH3 is 1. The van der Waals surface area contributed by atoms with Gasteiger partial charge in [-0.2, -0.15) is 0 Å². The standard InChI is InChI=1S/C15H20O4/c1-8-9(2)15(18)13(19-3)6-11(8)12(7-14(16)17)10-4-5-10/h6,10,12,18H,4-5,7H2,1-3H3,(H,16,17). The highest BCUT2D eigenvalue weighted by Crippen LogP contribution is 2.48. The summed E-state index contributed by atoms with van der Waals surface area (Å²) in [6.07, 6.45) is 2.30. The number of carboxylic acid groups (broad SMARTS) is 1. The summed E-state index contributed by atoms with van der Waals surface area (Å²) < 4.78 is 5.18. The van der Waals surface area contributed by atoms with Crippen LogP contribution in [0.2, 0.25) is 0 Å². The Bertz CT molecular complexity index is 503. The summed E-state index contributed by atoms with van der Waals surface area (Å²) in [7, 11) is 1.51. The Hall–Kier alpha value is -1.71. The second kappa shape index (κ2) is 5.11. The van der Waals surface area contributed by atoms with Crippen molar-refractivity contribution in [2.24, 2.45) is 5.92 Å². The van der Waals surface area contributed by atoms with Crippen molar-refractivity contribution < 1.29 is 19.7 Å². The molecule has 0 aliphatic heterocycles. The number of rotatable bonds is 5. The Morgan fingerprint density at radius 2 is 2.05 bits per heavy atom. The summed E-state index contributed by atoms with van der Waals surface area (Å²) in [6, 6.07) is 1.80. The third kappa shape index (κ3) is 2.67. The summed E-state index contributed by atoms with van der Waals surface area (Å²) in [5, 5.41) is 19.1. The first-order valence-corrected chi connectivity index (χ1v) is 6.54. The van der Waals surface area contributed by atoms with Gasteiger partial charge in [-0.05, 0) is 61.3 Å². The van der Waals surface area contributed by atoms with E-state index >= 15 is 0 Å². The SMILES string of the molecule is COc1cc(C(CC(=O)O)C2CC2)c(C)c(C)c1O. The minimum Gasteiger partial charge on any atom is -0.504 e. The molecule has 1 aromatic rings. The first kappa shape index (κ1) is 13.7. The molecule has 4 heteroatoms. The summed E-state index contributed by atoms with van der Waals surface area (Å²) in [5.74, 6) is 0.262. The summed E-state index contributed by atoms with van der Waals surface area (Å²) in [6.45, 7) is 3.77. The second-order valence-corrected chi connectivity index (χ2v) is 5.31. The Morgan fingerprint density at radius 3 is 2.53 bits per heavy atom. The van der Waals surface area contributed by atoms with E-state index in [2.05, 4.69) is 0 Å². The lowest BCUT2D eigenvalue weighted by atomic mass is 9.86. The normalized spacial score (nSPS) is 16.2. The zero-order chi connectivity index (χ0) is 14.2. The van der Waals surface area contributed by atoms with Crippen molar-refractivity contribution >= 4 is 5.97 Å². The van der Waals surface area contributed by atoms with Crippen molar-refractivity contribution in [3.8, 4) is 11.5 Å². The van der Waals surface area contributed by atoms with Crippen LogP contribution in [0.3, 0.4) is 0 Å². The highest BCUT2D eigenvalue weighted by Gasteiger charge is 2.35. The number of carbonyl (C=O) groups is 1. The number of hydrogen-bond acceptors (Lipinski definition) is 3. The number of aromatic hydroxyl groups is 1. The number of ether oxygens (including phenoxy) is 1. The molecule has 1 atom stereocenters. The lowest BCUT2D eigenvalue weighted by molar-refractivity contribution is -0.137. The van der Waals surface area contributed by atoms with Crippen LogP contribution in [-0.4, -0.2) is 23.3 Å². The van der Waals surface area contributed by atoms with Gasteiger partial charge in [0.25, 0.3) is 0 Å². The van der Waals surface area contributed by atoms with Gasteiger partial charge in [-0.15, -0.1) is 0 Å². The van der Waals surface area contributed by atoms with Crippen LogP contribution in [0.25, 0.3) is 0 Å². The van der Waals surface area contributed by atoms with E-state index in [0.717, 1.165) is 29.5 Å². The average Bonchev–Trinajstić information content (AvgIpc) is 3.18. The van der Waals surface area contributed by atoms with Crippen molar-refractivity contribution in [1.29, 1.82) is 0 Å². The molecule has 1 fully saturated rings. The van der Waals surface area contributed by atoms with Crippen LogP contribution in [0, 0.1) is 19.8 Å². The molecule has 2 N–H and O–H groups in total. The minimum absolute atomic E-state index is 0.0192. The molecule has 104 valence electrons.